The topological polar surface area (TPSA) is 58.4 Å². The number of amides is 2. The van der Waals surface area contributed by atoms with Crippen LogP contribution in [-0.2, 0) is 0 Å². The predicted octanol–water partition coefficient (Wildman–Crippen LogP) is 2.93. The number of urea groups is 1. The normalized spacial score (nSPS) is 16.4. The molecule has 1 fully saturated rings. The summed E-state index contributed by atoms with van der Waals surface area (Å²) in [7, 11) is 0. The number of nitrogens with zero attached hydrogens (tertiary/aromatic N) is 1. The van der Waals surface area contributed by atoms with Crippen LogP contribution in [0.5, 0.6) is 0 Å². The lowest BCUT2D eigenvalue weighted by molar-refractivity contribution is 0.180. The number of anilines is 1. The number of rotatable bonds is 3. The Hall–Kier alpha value is -1.26. The van der Waals surface area contributed by atoms with Gasteiger partial charge in [-0.3, -0.25) is 0 Å². The highest BCUT2D eigenvalue weighted by molar-refractivity contribution is 6.33. The van der Waals surface area contributed by atoms with E-state index in [-0.39, 0.29) is 6.03 Å². The first kappa shape index (κ1) is 14.2. The van der Waals surface area contributed by atoms with Gasteiger partial charge in [-0.15, -0.1) is 0 Å². The summed E-state index contributed by atoms with van der Waals surface area (Å²) in [5, 5.41) is 3.42. The van der Waals surface area contributed by atoms with E-state index in [0.717, 1.165) is 38.9 Å². The van der Waals surface area contributed by atoms with Gasteiger partial charge in [-0.2, -0.15) is 0 Å². The van der Waals surface area contributed by atoms with Gasteiger partial charge < -0.3 is 16.0 Å². The number of nitrogens with one attached hydrogen (secondary N) is 1. The zero-order chi connectivity index (χ0) is 13.7. The number of hydrogen-bond acceptors (Lipinski definition) is 2. The summed E-state index contributed by atoms with van der Waals surface area (Å²) in [6.07, 6.45) is 3.13. The fraction of sp³-hybridized carbons (Fsp3) is 0.500. The van der Waals surface area contributed by atoms with Crippen LogP contribution in [-0.4, -0.2) is 30.6 Å². The molecular weight excluding hydrogens is 262 g/mol. The van der Waals surface area contributed by atoms with E-state index in [0.29, 0.717) is 16.6 Å². The van der Waals surface area contributed by atoms with Crippen LogP contribution in [0.1, 0.15) is 19.3 Å². The molecule has 0 bridgehead atoms. The lowest BCUT2D eigenvalue weighted by Gasteiger charge is -2.31. The summed E-state index contributed by atoms with van der Waals surface area (Å²) >= 11 is 6.02. The van der Waals surface area contributed by atoms with Gasteiger partial charge >= 0.3 is 6.03 Å². The van der Waals surface area contributed by atoms with Crippen LogP contribution in [0.25, 0.3) is 0 Å². The van der Waals surface area contributed by atoms with Crippen molar-refractivity contribution >= 4 is 23.3 Å². The van der Waals surface area contributed by atoms with E-state index in [1.165, 1.54) is 0 Å². The van der Waals surface area contributed by atoms with Crippen LogP contribution in [0.15, 0.2) is 24.3 Å². The van der Waals surface area contributed by atoms with Gasteiger partial charge in [0.1, 0.15) is 0 Å². The van der Waals surface area contributed by atoms with Gasteiger partial charge in [0.05, 0.1) is 10.7 Å². The smallest absolute Gasteiger partial charge is 0.321 e. The van der Waals surface area contributed by atoms with E-state index >= 15 is 0 Å². The van der Waals surface area contributed by atoms with E-state index in [1.54, 1.807) is 12.1 Å². The molecule has 104 valence electrons. The number of hydrogen-bond donors (Lipinski definition) is 2. The van der Waals surface area contributed by atoms with Crippen molar-refractivity contribution in [2.75, 3.05) is 25.0 Å². The number of likely N-dealkylation sites (tertiary alicyclic amines) is 1. The lowest BCUT2D eigenvalue weighted by Crippen LogP contribution is -2.41. The maximum atomic E-state index is 12.1. The number of nitrogens with two attached hydrogens (primary N) is 1. The summed E-state index contributed by atoms with van der Waals surface area (Å²) in [5.41, 5.74) is 6.23. The number of piperidine rings is 1. The van der Waals surface area contributed by atoms with Crippen molar-refractivity contribution in [1.29, 1.82) is 0 Å². The minimum Gasteiger partial charge on any atom is -0.330 e. The molecule has 4 nitrogen and oxygen atoms in total. The molecule has 3 N–H and O–H groups in total. The molecule has 0 unspecified atom stereocenters. The van der Waals surface area contributed by atoms with Crippen LogP contribution < -0.4 is 11.1 Å². The Bertz CT molecular complexity index is 430. The second kappa shape index (κ2) is 6.78. The number of benzene rings is 1. The van der Waals surface area contributed by atoms with Gasteiger partial charge in [0, 0.05) is 13.1 Å². The molecule has 0 atom stereocenters. The first-order chi connectivity index (χ1) is 9.20. The molecule has 1 saturated heterocycles. The Morgan fingerprint density at radius 1 is 1.37 bits per heavy atom. The highest BCUT2D eigenvalue weighted by Gasteiger charge is 2.22. The maximum absolute atomic E-state index is 12.1. The molecule has 5 heteroatoms. The van der Waals surface area contributed by atoms with Crippen molar-refractivity contribution in [3.8, 4) is 0 Å². The van der Waals surface area contributed by atoms with Gasteiger partial charge in [0.15, 0.2) is 0 Å². The van der Waals surface area contributed by atoms with Gasteiger partial charge in [0.25, 0.3) is 0 Å². The van der Waals surface area contributed by atoms with Gasteiger partial charge in [0.2, 0.25) is 0 Å². The van der Waals surface area contributed by atoms with Crippen molar-refractivity contribution in [2.45, 2.75) is 19.3 Å². The summed E-state index contributed by atoms with van der Waals surface area (Å²) in [4.78, 5) is 14.0. The molecule has 1 aromatic carbocycles. The first-order valence-corrected chi connectivity index (χ1v) is 7.09. The highest BCUT2D eigenvalue weighted by Crippen LogP contribution is 2.23. The number of para-hydroxylation sites is 1. The quantitative estimate of drug-likeness (QED) is 0.895. The van der Waals surface area contributed by atoms with Crippen LogP contribution in [0, 0.1) is 5.92 Å². The van der Waals surface area contributed by atoms with Crippen LogP contribution in [0.2, 0.25) is 5.02 Å². The molecule has 1 aliphatic heterocycles. The standard InChI is InChI=1S/C14H20ClN3O/c15-12-3-1-2-4-13(12)17-14(19)18-9-6-11(5-8-16)7-10-18/h1-4,11H,5-10,16H2,(H,17,19). The average Bonchev–Trinajstić information content (AvgIpc) is 2.42. The number of carbonyl (C=O) groups excluding carboxylic acids is 1. The zero-order valence-electron chi connectivity index (χ0n) is 10.9. The van der Waals surface area contributed by atoms with E-state index in [1.807, 2.05) is 17.0 Å². The first-order valence-electron chi connectivity index (χ1n) is 6.71. The summed E-state index contributed by atoms with van der Waals surface area (Å²) in [5.74, 6) is 0.661. The van der Waals surface area contributed by atoms with E-state index < -0.39 is 0 Å². The fourth-order valence-corrected chi connectivity index (χ4v) is 2.60. The van der Waals surface area contributed by atoms with Crippen molar-refractivity contribution < 1.29 is 4.79 Å². The molecule has 0 aromatic heterocycles. The summed E-state index contributed by atoms with van der Waals surface area (Å²) in [6.45, 7) is 2.32. The Morgan fingerprint density at radius 3 is 2.68 bits per heavy atom. The van der Waals surface area contributed by atoms with E-state index in [4.69, 9.17) is 17.3 Å². The third-order valence-electron chi connectivity index (χ3n) is 3.59. The largest absolute Gasteiger partial charge is 0.330 e. The molecule has 1 aromatic rings. The van der Waals surface area contributed by atoms with Gasteiger partial charge in [-0.05, 0) is 43.9 Å². The highest BCUT2D eigenvalue weighted by atomic mass is 35.5. The molecule has 1 heterocycles. The Balaban J connectivity index is 1.87. The molecule has 2 rings (SSSR count). The molecule has 2 amide bonds. The van der Waals surface area contributed by atoms with E-state index in [2.05, 4.69) is 5.32 Å². The minimum absolute atomic E-state index is 0.0701. The van der Waals surface area contributed by atoms with Crippen molar-refractivity contribution in [3.05, 3.63) is 29.3 Å². The minimum atomic E-state index is -0.0701. The molecule has 19 heavy (non-hydrogen) atoms. The SMILES string of the molecule is NCCC1CCN(C(=O)Nc2ccccc2Cl)CC1. The molecule has 0 radical (unpaired) electrons. The van der Waals surface area contributed by atoms with Gasteiger partial charge in [-0.1, -0.05) is 23.7 Å². The third kappa shape index (κ3) is 3.85. The average molecular weight is 282 g/mol. The molecule has 0 saturated carbocycles. The van der Waals surface area contributed by atoms with E-state index in [9.17, 15) is 4.79 Å². The van der Waals surface area contributed by atoms with Gasteiger partial charge in [-0.25, -0.2) is 4.79 Å². The maximum Gasteiger partial charge on any atom is 0.321 e. The number of halogens is 1. The van der Waals surface area contributed by atoms with Crippen LogP contribution in [0.3, 0.4) is 0 Å². The predicted molar refractivity (Wildman–Crippen MR) is 78.4 cm³/mol. The van der Waals surface area contributed by atoms with Crippen molar-refractivity contribution in [1.82, 2.24) is 4.90 Å². The second-order valence-electron chi connectivity index (χ2n) is 4.92. The fourth-order valence-electron chi connectivity index (χ4n) is 2.42. The molecule has 1 aliphatic rings. The Kier molecular flexibility index (Phi) is 5.05. The second-order valence-corrected chi connectivity index (χ2v) is 5.32. The Morgan fingerprint density at radius 2 is 2.05 bits per heavy atom. The summed E-state index contributed by atoms with van der Waals surface area (Å²) < 4.78 is 0. The zero-order valence-corrected chi connectivity index (χ0v) is 11.7. The van der Waals surface area contributed by atoms with Crippen molar-refractivity contribution in [3.63, 3.8) is 0 Å². The number of carbonyl (C=O) groups is 1. The molecule has 0 spiro atoms. The molecular formula is C14H20ClN3O. The third-order valence-corrected chi connectivity index (χ3v) is 3.92. The molecule has 0 aliphatic carbocycles. The Labute approximate surface area is 118 Å². The summed E-state index contributed by atoms with van der Waals surface area (Å²) in [6, 6.07) is 7.21. The monoisotopic (exact) mass is 281 g/mol. The lowest BCUT2D eigenvalue weighted by atomic mass is 9.94. The van der Waals surface area contributed by atoms with Crippen LogP contribution in [0.4, 0.5) is 10.5 Å². The van der Waals surface area contributed by atoms with Crippen molar-refractivity contribution in [2.24, 2.45) is 11.7 Å². The van der Waals surface area contributed by atoms with Crippen LogP contribution >= 0.6 is 11.6 Å².